The van der Waals surface area contributed by atoms with Crippen LogP contribution in [0.1, 0.15) is 30.5 Å². The van der Waals surface area contributed by atoms with Gasteiger partial charge in [0.25, 0.3) is 0 Å². The lowest BCUT2D eigenvalue weighted by atomic mass is 10.0. The van der Waals surface area contributed by atoms with Crippen LogP contribution in [0.3, 0.4) is 0 Å². The van der Waals surface area contributed by atoms with E-state index in [1.807, 2.05) is 25.1 Å². The van der Waals surface area contributed by atoms with Crippen LogP contribution in [0.5, 0.6) is 0 Å². The number of nitrogens with zero attached hydrogens (tertiary/aromatic N) is 3. The summed E-state index contributed by atoms with van der Waals surface area (Å²) in [7, 11) is 0. The molecule has 0 N–H and O–H groups in total. The van der Waals surface area contributed by atoms with Crippen molar-refractivity contribution in [1.82, 2.24) is 14.8 Å². The van der Waals surface area contributed by atoms with Crippen LogP contribution < -0.4 is 0 Å². The number of para-hydroxylation sites is 1. The summed E-state index contributed by atoms with van der Waals surface area (Å²) >= 11 is 0. The predicted molar refractivity (Wildman–Crippen MR) is 107 cm³/mol. The standard InChI is InChI=1S/C22H27N3O3/c1-16-14-17(19-4-2-3-5-20(19)23-16)15-28-18-6-9-24(10-7-18)21-8-11-25(12-13-26)22(21)27/h2-5,13-14,18,21H,6-12,15H2,1H3. The van der Waals surface area contributed by atoms with Crippen molar-refractivity contribution in [2.45, 2.75) is 44.9 Å². The summed E-state index contributed by atoms with van der Waals surface area (Å²) in [6.45, 7) is 5.24. The van der Waals surface area contributed by atoms with Crippen LogP contribution in [0.15, 0.2) is 30.3 Å². The van der Waals surface area contributed by atoms with Crippen molar-refractivity contribution >= 4 is 23.1 Å². The molecule has 0 saturated carbocycles. The lowest BCUT2D eigenvalue weighted by Gasteiger charge is -2.35. The minimum atomic E-state index is -0.0623. The van der Waals surface area contributed by atoms with Gasteiger partial charge in [0.05, 0.1) is 30.8 Å². The Morgan fingerprint density at radius 3 is 2.75 bits per heavy atom. The minimum absolute atomic E-state index is 0.0623. The van der Waals surface area contributed by atoms with Gasteiger partial charge in [0.15, 0.2) is 0 Å². The quantitative estimate of drug-likeness (QED) is 0.719. The van der Waals surface area contributed by atoms with Crippen molar-refractivity contribution in [2.24, 2.45) is 0 Å². The molecule has 1 aromatic carbocycles. The predicted octanol–water partition coefficient (Wildman–Crippen LogP) is 2.32. The number of carbonyl (C=O) groups is 2. The molecule has 0 bridgehead atoms. The molecule has 3 heterocycles. The van der Waals surface area contributed by atoms with Crippen LogP contribution in [0, 0.1) is 6.92 Å². The molecule has 1 unspecified atom stereocenters. The summed E-state index contributed by atoms with van der Waals surface area (Å²) in [6, 6.07) is 10.2. The molecule has 0 radical (unpaired) electrons. The topological polar surface area (TPSA) is 62.7 Å². The molecule has 1 atom stereocenters. The molecule has 2 saturated heterocycles. The summed E-state index contributed by atoms with van der Waals surface area (Å²) < 4.78 is 6.23. The number of aromatic nitrogens is 1. The average molecular weight is 381 g/mol. The van der Waals surface area contributed by atoms with Gasteiger partial charge >= 0.3 is 0 Å². The first-order valence-electron chi connectivity index (χ1n) is 10.1. The number of pyridine rings is 1. The van der Waals surface area contributed by atoms with Gasteiger partial charge < -0.3 is 14.4 Å². The Balaban J connectivity index is 1.32. The summed E-state index contributed by atoms with van der Waals surface area (Å²) in [4.78, 5) is 31.6. The van der Waals surface area contributed by atoms with Gasteiger partial charge in [0.2, 0.25) is 5.91 Å². The molecule has 2 aromatic rings. The first-order chi connectivity index (χ1) is 13.7. The average Bonchev–Trinajstić information content (AvgIpc) is 3.07. The van der Waals surface area contributed by atoms with Gasteiger partial charge in [-0.15, -0.1) is 0 Å². The molecular formula is C22H27N3O3. The number of benzene rings is 1. The highest BCUT2D eigenvalue weighted by atomic mass is 16.5. The highest BCUT2D eigenvalue weighted by molar-refractivity contribution is 5.85. The number of aryl methyl sites for hydroxylation is 1. The van der Waals surface area contributed by atoms with Crippen molar-refractivity contribution in [3.8, 4) is 0 Å². The lowest BCUT2D eigenvalue weighted by Crippen LogP contribution is -2.47. The lowest BCUT2D eigenvalue weighted by molar-refractivity contribution is -0.134. The van der Waals surface area contributed by atoms with Gasteiger partial charge in [0.1, 0.15) is 6.29 Å². The SMILES string of the molecule is Cc1cc(COC2CCN(C3CCN(CC=O)C3=O)CC2)c2ccccc2n1. The second-order valence-corrected chi connectivity index (χ2v) is 7.74. The van der Waals surface area contributed by atoms with Crippen LogP contribution in [-0.4, -0.2) is 65.3 Å². The van der Waals surface area contributed by atoms with E-state index in [1.165, 1.54) is 5.56 Å². The molecule has 4 rings (SSSR count). The number of ether oxygens (including phenoxy) is 1. The van der Waals surface area contributed by atoms with Crippen molar-refractivity contribution in [1.29, 1.82) is 0 Å². The zero-order chi connectivity index (χ0) is 19.5. The van der Waals surface area contributed by atoms with Crippen molar-refractivity contribution in [3.05, 3.63) is 41.6 Å². The second-order valence-electron chi connectivity index (χ2n) is 7.74. The first kappa shape index (κ1) is 19.0. The molecule has 6 nitrogen and oxygen atoms in total. The van der Waals surface area contributed by atoms with Gasteiger partial charge in [-0.2, -0.15) is 0 Å². The molecule has 0 aliphatic carbocycles. The summed E-state index contributed by atoms with van der Waals surface area (Å²) in [5, 5.41) is 1.15. The smallest absolute Gasteiger partial charge is 0.240 e. The van der Waals surface area contributed by atoms with Gasteiger partial charge in [-0.25, -0.2) is 0 Å². The first-order valence-corrected chi connectivity index (χ1v) is 10.1. The third-order valence-corrected chi connectivity index (χ3v) is 5.89. The van der Waals surface area contributed by atoms with Gasteiger partial charge in [-0.05, 0) is 43.9 Å². The van der Waals surface area contributed by atoms with Crippen molar-refractivity contribution in [3.63, 3.8) is 0 Å². The summed E-state index contributed by atoms with van der Waals surface area (Å²) in [5.74, 6) is 0.102. The normalized spacial score (nSPS) is 21.5. The number of carbonyl (C=O) groups excluding carboxylic acids is 2. The second kappa shape index (κ2) is 8.37. The van der Waals surface area contributed by atoms with E-state index in [0.29, 0.717) is 13.2 Å². The fraction of sp³-hybridized carbons (Fsp3) is 0.500. The Hall–Kier alpha value is -2.31. The van der Waals surface area contributed by atoms with Crippen molar-refractivity contribution < 1.29 is 14.3 Å². The third kappa shape index (κ3) is 3.93. The molecule has 1 amide bonds. The molecule has 2 aliphatic heterocycles. The highest BCUT2D eigenvalue weighted by Crippen LogP contribution is 2.24. The van der Waals surface area contributed by atoms with Crippen LogP contribution in [-0.2, 0) is 20.9 Å². The maximum absolute atomic E-state index is 12.4. The Labute approximate surface area is 165 Å². The number of likely N-dealkylation sites (tertiary alicyclic amines) is 2. The number of aldehydes is 1. The molecule has 6 heteroatoms. The zero-order valence-electron chi connectivity index (χ0n) is 16.3. The van der Waals surface area contributed by atoms with E-state index in [-0.39, 0.29) is 24.6 Å². The van der Waals surface area contributed by atoms with E-state index < -0.39 is 0 Å². The van der Waals surface area contributed by atoms with E-state index >= 15 is 0 Å². The molecule has 148 valence electrons. The van der Waals surface area contributed by atoms with E-state index in [9.17, 15) is 9.59 Å². The Morgan fingerprint density at radius 1 is 1.18 bits per heavy atom. The van der Waals surface area contributed by atoms with Crippen LogP contribution >= 0.6 is 0 Å². The fourth-order valence-electron chi connectivity index (χ4n) is 4.41. The van der Waals surface area contributed by atoms with Gasteiger partial charge in [-0.3, -0.25) is 14.7 Å². The third-order valence-electron chi connectivity index (χ3n) is 5.89. The number of fused-ring (bicyclic) bond motifs is 1. The van der Waals surface area contributed by atoms with Gasteiger partial charge in [-0.1, -0.05) is 18.2 Å². The molecule has 2 fully saturated rings. The van der Waals surface area contributed by atoms with E-state index in [2.05, 4.69) is 22.0 Å². The summed E-state index contributed by atoms with van der Waals surface area (Å²) in [6.07, 6.45) is 3.70. The van der Waals surface area contributed by atoms with E-state index in [0.717, 1.165) is 55.2 Å². The molecule has 1 aromatic heterocycles. The zero-order valence-corrected chi connectivity index (χ0v) is 16.3. The Kier molecular flexibility index (Phi) is 5.69. The Bertz CT molecular complexity index is 861. The number of hydrogen-bond acceptors (Lipinski definition) is 5. The Morgan fingerprint density at radius 2 is 1.96 bits per heavy atom. The summed E-state index contributed by atoms with van der Waals surface area (Å²) in [5.41, 5.74) is 3.20. The molecular weight excluding hydrogens is 354 g/mol. The van der Waals surface area contributed by atoms with Crippen LogP contribution in [0.25, 0.3) is 10.9 Å². The largest absolute Gasteiger partial charge is 0.373 e. The van der Waals surface area contributed by atoms with Crippen molar-refractivity contribution in [2.75, 3.05) is 26.2 Å². The monoisotopic (exact) mass is 381 g/mol. The fourth-order valence-corrected chi connectivity index (χ4v) is 4.41. The number of rotatable bonds is 6. The molecule has 2 aliphatic rings. The van der Waals surface area contributed by atoms with Gasteiger partial charge in [0, 0.05) is 30.7 Å². The molecule has 0 spiro atoms. The highest BCUT2D eigenvalue weighted by Gasteiger charge is 2.37. The number of amides is 1. The minimum Gasteiger partial charge on any atom is -0.373 e. The maximum Gasteiger partial charge on any atom is 0.240 e. The number of hydrogen-bond donors (Lipinski definition) is 0. The van der Waals surface area contributed by atoms with E-state index in [4.69, 9.17) is 4.74 Å². The molecule has 28 heavy (non-hydrogen) atoms. The maximum atomic E-state index is 12.4. The van der Waals surface area contributed by atoms with Crippen LogP contribution in [0.2, 0.25) is 0 Å². The van der Waals surface area contributed by atoms with Crippen LogP contribution in [0.4, 0.5) is 0 Å². The number of piperidine rings is 1. The van der Waals surface area contributed by atoms with E-state index in [1.54, 1.807) is 4.90 Å².